The number of pyridine rings is 1. The molecule has 0 bridgehead atoms. The van der Waals surface area contributed by atoms with Gasteiger partial charge in [-0.1, -0.05) is 19.1 Å². The van der Waals surface area contributed by atoms with Crippen molar-refractivity contribution in [3.8, 4) is 0 Å². The van der Waals surface area contributed by atoms with Gasteiger partial charge in [0, 0.05) is 17.9 Å². The smallest absolute Gasteiger partial charge is 0.260 e. The summed E-state index contributed by atoms with van der Waals surface area (Å²) >= 11 is 0. The van der Waals surface area contributed by atoms with Gasteiger partial charge in [-0.3, -0.25) is 19.5 Å². The highest BCUT2D eigenvalue weighted by molar-refractivity contribution is 6.11. The maximum Gasteiger partial charge on any atom is 0.260 e. The minimum absolute atomic E-state index is 0.0664. The molecule has 0 fully saturated rings. The van der Waals surface area contributed by atoms with Crippen LogP contribution in [0.15, 0.2) is 42.6 Å². The summed E-state index contributed by atoms with van der Waals surface area (Å²) in [6.45, 7) is 5.99. The van der Waals surface area contributed by atoms with E-state index in [1.165, 1.54) is 0 Å². The van der Waals surface area contributed by atoms with Gasteiger partial charge in [0.15, 0.2) is 0 Å². The fourth-order valence-corrected chi connectivity index (χ4v) is 3.13. The van der Waals surface area contributed by atoms with Gasteiger partial charge in [0.2, 0.25) is 5.91 Å². The van der Waals surface area contributed by atoms with Crippen molar-refractivity contribution in [2.45, 2.75) is 45.7 Å². The molecular formula is C20H23N3O2. The van der Waals surface area contributed by atoms with Crippen molar-refractivity contribution in [2.75, 3.05) is 4.90 Å². The molecule has 5 nitrogen and oxygen atoms in total. The van der Waals surface area contributed by atoms with Crippen molar-refractivity contribution in [3.05, 3.63) is 59.4 Å². The minimum atomic E-state index is -0.380. The summed E-state index contributed by atoms with van der Waals surface area (Å²) in [5, 5.41) is 2.98. The lowest BCUT2D eigenvalue weighted by Gasteiger charge is -2.25. The van der Waals surface area contributed by atoms with Crippen LogP contribution in [0.2, 0.25) is 0 Å². The lowest BCUT2D eigenvalue weighted by Crippen LogP contribution is -2.36. The zero-order chi connectivity index (χ0) is 18.0. The fraction of sp³-hybridized carbons (Fsp3) is 0.350. The van der Waals surface area contributed by atoms with Crippen LogP contribution in [0.4, 0.5) is 5.69 Å². The van der Waals surface area contributed by atoms with Crippen LogP contribution in [0.25, 0.3) is 0 Å². The first-order valence-corrected chi connectivity index (χ1v) is 8.65. The van der Waals surface area contributed by atoms with Crippen LogP contribution >= 0.6 is 0 Å². The monoisotopic (exact) mass is 337 g/mol. The Balaban J connectivity index is 1.95. The number of hydrogen-bond acceptors (Lipinski definition) is 3. The Morgan fingerprint density at radius 2 is 2.12 bits per heavy atom. The molecule has 1 aromatic heterocycles. The molecule has 5 heteroatoms. The summed E-state index contributed by atoms with van der Waals surface area (Å²) in [5.74, 6) is -0.168. The van der Waals surface area contributed by atoms with Gasteiger partial charge in [0.05, 0.1) is 23.7 Å². The van der Waals surface area contributed by atoms with E-state index in [1.807, 2.05) is 45.0 Å². The van der Waals surface area contributed by atoms with E-state index in [0.717, 1.165) is 17.7 Å². The molecule has 25 heavy (non-hydrogen) atoms. The number of nitrogens with one attached hydrogen (secondary N) is 1. The van der Waals surface area contributed by atoms with E-state index in [-0.39, 0.29) is 30.3 Å². The van der Waals surface area contributed by atoms with Crippen LogP contribution in [0.3, 0.4) is 0 Å². The largest absolute Gasteiger partial charge is 0.354 e. The standard InChI is InChI=1S/C20H23N3O2/c1-4-14(3)22-18(24)12-17-19-16(9-6-10-21-19)20(25)23(17)15-8-5-7-13(2)11-15/h5-11,14,17H,4,12H2,1-3H3,(H,22,24)/t14-,17+/m1/s1. The number of nitrogens with zero attached hydrogens (tertiary/aromatic N) is 2. The van der Waals surface area contributed by atoms with E-state index in [4.69, 9.17) is 0 Å². The molecule has 1 N–H and O–H groups in total. The van der Waals surface area contributed by atoms with Gasteiger partial charge < -0.3 is 5.32 Å². The van der Waals surface area contributed by atoms with Crippen LogP contribution in [0.1, 0.15) is 54.3 Å². The van der Waals surface area contributed by atoms with Gasteiger partial charge in [0.25, 0.3) is 5.91 Å². The Bertz CT molecular complexity index is 803. The van der Waals surface area contributed by atoms with Crippen molar-refractivity contribution in [1.29, 1.82) is 0 Å². The third-order valence-corrected chi connectivity index (χ3v) is 4.59. The molecule has 0 saturated heterocycles. The zero-order valence-corrected chi connectivity index (χ0v) is 14.8. The quantitative estimate of drug-likeness (QED) is 0.909. The van der Waals surface area contributed by atoms with E-state index in [0.29, 0.717) is 11.3 Å². The van der Waals surface area contributed by atoms with Crippen molar-refractivity contribution >= 4 is 17.5 Å². The predicted octanol–water partition coefficient (Wildman–Crippen LogP) is 3.40. The molecule has 1 aliphatic heterocycles. The van der Waals surface area contributed by atoms with E-state index < -0.39 is 0 Å². The van der Waals surface area contributed by atoms with Crippen molar-refractivity contribution in [1.82, 2.24) is 10.3 Å². The summed E-state index contributed by atoms with van der Waals surface area (Å²) in [7, 11) is 0. The highest BCUT2D eigenvalue weighted by atomic mass is 16.2. The molecule has 130 valence electrons. The van der Waals surface area contributed by atoms with Crippen LogP contribution in [0.5, 0.6) is 0 Å². The number of carbonyl (C=O) groups excluding carboxylic acids is 2. The van der Waals surface area contributed by atoms with E-state index in [9.17, 15) is 9.59 Å². The molecule has 0 unspecified atom stereocenters. The lowest BCUT2D eigenvalue weighted by molar-refractivity contribution is -0.122. The molecule has 2 atom stereocenters. The van der Waals surface area contributed by atoms with Crippen molar-refractivity contribution < 1.29 is 9.59 Å². The van der Waals surface area contributed by atoms with Crippen LogP contribution < -0.4 is 10.2 Å². The normalized spacial score (nSPS) is 17.3. The minimum Gasteiger partial charge on any atom is -0.354 e. The fourth-order valence-electron chi connectivity index (χ4n) is 3.13. The third-order valence-electron chi connectivity index (χ3n) is 4.59. The maximum atomic E-state index is 12.9. The Morgan fingerprint density at radius 3 is 2.84 bits per heavy atom. The molecule has 2 amide bonds. The van der Waals surface area contributed by atoms with Crippen LogP contribution in [-0.2, 0) is 4.79 Å². The van der Waals surface area contributed by atoms with Gasteiger partial charge in [-0.05, 0) is 50.1 Å². The molecule has 0 aliphatic carbocycles. The van der Waals surface area contributed by atoms with Gasteiger partial charge >= 0.3 is 0 Å². The number of hydrogen-bond donors (Lipinski definition) is 1. The third kappa shape index (κ3) is 3.40. The number of aromatic nitrogens is 1. The van der Waals surface area contributed by atoms with Gasteiger partial charge in [-0.2, -0.15) is 0 Å². The summed E-state index contributed by atoms with van der Waals surface area (Å²) < 4.78 is 0. The molecule has 3 rings (SSSR count). The highest BCUT2D eigenvalue weighted by Crippen LogP contribution is 2.38. The predicted molar refractivity (Wildman–Crippen MR) is 97.5 cm³/mol. The Morgan fingerprint density at radius 1 is 1.32 bits per heavy atom. The average molecular weight is 337 g/mol. The average Bonchev–Trinajstić information content (AvgIpc) is 2.87. The molecule has 0 saturated carbocycles. The highest BCUT2D eigenvalue weighted by Gasteiger charge is 2.39. The molecule has 2 aromatic rings. The molecule has 2 heterocycles. The van der Waals surface area contributed by atoms with E-state index in [1.54, 1.807) is 23.2 Å². The zero-order valence-electron chi connectivity index (χ0n) is 14.8. The number of amides is 2. The Kier molecular flexibility index (Phi) is 4.83. The Hall–Kier alpha value is -2.69. The Labute approximate surface area is 148 Å². The van der Waals surface area contributed by atoms with E-state index in [2.05, 4.69) is 10.3 Å². The summed E-state index contributed by atoms with van der Waals surface area (Å²) in [4.78, 5) is 31.5. The number of carbonyl (C=O) groups is 2. The SMILES string of the molecule is CC[C@@H](C)NC(=O)C[C@H]1c2ncccc2C(=O)N1c1cccc(C)c1. The first kappa shape index (κ1) is 17.1. The summed E-state index contributed by atoms with van der Waals surface area (Å²) in [5.41, 5.74) is 3.11. The molecule has 0 spiro atoms. The molecule has 1 aromatic carbocycles. The van der Waals surface area contributed by atoms with Gasteiger partial charge in [0.1, 0.15) is 0 Å². The second kappa shape index (κ2) is 7.05. The molecule has 1 aliphatic rings. The molecule has 0 radical (unpaired) electrons. The lowest BCUT2D eigenvalue weighted by atomic mass is 10.1. The van der Waals surface area contributed by atoms with Crippen molar-refractivity contribution in [2.24, 2.45) is 0 Å². The first-order chi connectivity index (χ1) is 12.0. The summed E-state index contributed by atoms with van der Waals surface area (Å²) in [6, 6.07) is 11.0. The number of fused-ring (bicyclic) bond motifs is 1. The summed E-state index contributed by atoms with van der Waals surface area (Å²) in [6.07, 6.45) is 2.74. The topological polar surface area (TPSA) is 62.3 Å². The number of aryl methyl sites for hydroxylation is 1. The van der Waals surface area contributed by atoms with Crippen molar-refractivity contribution in [3.63, 3.8) is 0 Å². The first-order valence-electron chi connectivity index (χ1n) is 8.65. The van der Waals surface area contributed by atoms with Gasteiger partial charge in [-0.25, -0.2) is 0 Å². The van der Waals surface area contributed by atoms with Crippen LogP contribution in [0, 0.1) is 6.92 Å². The number of rotatable bonds is 5. The number of anilines is 1. The number of benzene rings is 1. The van der Waals surface area contributed by atoms with Crippen LogP contribution in [-0.4, -0.2) is 22.8 Å². The maximum absolute atomic E-state index is 12.9. The second-order valence-electron chi connectivity index (χ2n) is 6.55. The molecular weight excluding hydrogens is 314 g/mol. The van der Waals surface area contributed by atoms with Gasteiger partial charge in [-0.15, -0.1) is 0 Å². The van der Waals surface area contributed by atoms with E-state index >= 15 is 0 Å². The second-order valence-corrected chi connectivity index (χ2v) is 6.55.